The third-order valence-electron chi connectivity index (χ3n) is 4.08. The van der Waals surface area contributed by atoms with Gasteiger partial charge in [-0.1, -0.05) is 11.8 Å². The third-order valence-corrected chi connectivity index (χ3v) is 8.49. The summed E-state index contributed by atoms with van der Waals surface area (Å²) in [5.41, 5.74) is 1.08. The van der Waals surface area contributed by atoms with Crippen LogP contribution in [0.3, 0.4) is 0 Å². The van der Waals surface area contributed by atoms with Crippen molar-refractivity contribution in [1.29, 1.82) is 0 Å². The van der Waals surface area contributed by atoms with Gasteiger partial charge in [-0.15, -0.1) is 11.3 Å². The van der Waals surface area contributed by atoms with E-state index < -0.39 is 10.2 Å². The molecule has 2 aliphatic heterocycles. The molecule has 1 aromatic heterocycles. The van der Waals surface area contributed by atoms with Gasteiger partial charge in [0.1, 0.15) is 4.34 Å². The van der Waals surface area contributed by atoms with Crippen molar-refractivity contribution in [2.45, 2.75) is 30.5 Å². The van der Waals surface area contributed by atoms with Gasteiger partial charge in [0.05, 0.1) is 0 Å². The summed E-state index contributed by atoms with van der Waals surface area (Å²) in [6.07, 6.45) is 2.93. The molecule has 3 rings (SSSR count). The first-order chi connectivity index (χ1) is 10.1. The second-order valence-corrected chi connectivity index (χ2v) is 9.72. The average Bonchev–Trinajstić information content (AvgIpc) is 2.80. The van der Waals surface area contributed by atoms with Gasteiger partial charge in [0.25, 0.3) is 10.2 Å². The lowest BCUT2D eigenvalue weighted by molar-refractivity contribution is 0.239. The lowest BCUT2D eigenvalue weighted by Crippen LogP contribution is -2.52. The number of hydrogen-bond donors (Lipinski definition) is 0. The van der Waals surface area contributed by atoms with Gasteiger partial charge in [-0.3, -0.25) is 0 Å². The van der Waals surface area contributed by atoms with E-state index in [-0.39, 0.29) is 0 Å². The third kappa shape index (κ3) is 3.61. The molecular formula is C13H21N3O2S3. The zero-order chi connectivity index (χ0) is 14.9. The first-order valence-electron chi connectivity index (χ1n) is 7.36. The van der Waals surface area contributed by atoms with Crippen molar-refractivity contribution in [3.8, 4) is 0 Å². The van der Waals surface area contributed by atoms with Gasteiger partial charge >= 0.3 is 0 Å². The molecule has 0 aromatic carbocycles. The molecule has 21 heavy (non-hydrogen) atoms. The normalized spacial score (nSPS) is 22.3. The summed E-state index contributed by atoms with van der Waals surface area (Å²) < 4.78 is 29.0. The summed E-state index contributed by atoms with van der Waals surface area (Å²) in [6, 6.07) is 0. The number of nitrogens with zero attached hydrogens (tertiary/aromatic N) is 3. The monoisotopic (exact) mass is 347 g/mol. The molecule has 0 atom stereocenters. The Hall–Kier alpha value is -0.150. The fourth-order valence-corrected chi connectivity index (χ4v) is 6.36. The van der Waals surface area contributed by atoms with Crippen molar-refractivity contribution in [2.75, 3.05) is 31.9 Å². The lowest BCUT2D eigenvalue weighted by atomic mass is 10.0. The number of thiazole rings is 1. The second kappa shape index (κ2) is 6.54. The first kappa shape index (κ1) is 15.7. The Morgan fingerprint density at radius 3 is 2.48 bits per heavy atom. The highest BCUT2D eigenvalue weighted by Gasteiger charge is 2.35. The van der Waals surface area contributed by atoms with Gasteiger partial charge in [-0.05, 0) is 32.1 Å². The average molecular weight is 348 g/mol. The molecule has 8 heteroatoms. The molecule has 0 bridgehead atoms. The molecule has 0 radical (unpaired) electrons. The van der Waals surface area contributed by atoms with Crippen LogP contribution >= 0.6 is 23.1 Å². The number of thioether (sulfide) groups is 1. The van der Waals surface area contributed by atoms with Crippen molar-refractivity contribution < 1.29 is 8.42 Å². The number of aryl methyl sites for hydroxylation is 1. The lowest BCUT2D eigenvalue weighted by Gasteiger charge is -2.38. The summed E-state index contributed by atoms with van der Waals surface area (Å²) in [4.78, 5) is 4.46. The molecule has 0 N–H and O–H groups in total. The minimum Gasteiger partial charge on any atom is -0.235 e. The van der Waals surface area contributed by atoms with Crippen LogP contribution in [0.5, 0.6) is 0 Å². The molecule has 3 heterocycles. The number of rotatable bonds is 5. The molecule has 2 fully saturated rings. The SMILES string of the molecule is Cc1csc(SCC2CCN(S(=O)(=O)N3CCC3)CC2)n1. The molecule has 5 nitrogen and oxygen atoms in total. The van der Waals surface area contributed by atoms with Gasteiger partial charge in [0.15, 0.2) is 0 Å². The Morgan fingerprint density at radius 1 is 1.29 bits per heavy atom. The van der Waals surface area contributed by atoms with E-state index in [0.29, 0.717) is 32.1 Å². The topological polar surface area (TPSA) is 53.5 Å². The van der Waals surface area contributed by atoms with E-state index in [1.54, 1.807) is 19.9 Å². The van der Waals surface area contributed by atoms with Gasteiger partial charge in [-0.2, -0.15) is 17.0 Å². The van der Waals surface area contributed by atoms with Gasteiger partial charge in [-0.25, -0.2) is 4.98 Å². The molecule has 0 saturated carbocycles. The molecule has 0 amide bonds. The standard InChI is InChI=1S/C13H21N3O2S3/c1-11-9-19-13(14-11)20-10-12-3-7-16(8-4-12)21(17,18)15-5-2-6-15/h9,12H,2-8,10H2,1H3. The molecule has 2 saturated heterocycles. The summed E-state index contributed by atoms with van der Waals surface area (Å²) in [6.45, 7) is 4.74. The zero-order valence-electron chi connectivity index (χ0n) is 12.2. The van der Waals surface area contributed by atoms with E-state index in [1.807, 2.05) is 18.7 Å². The Balaban J connectivity index is 1.46. The van der Waals surface area contributed by atoms with Crippen molar-refractivity contribution in [2.24, 2.45) is 5.92 Å². The van der Waals surface area contributed by atoms with Crippen LogP contribution in [-0.2, 0) is 10.2 Å². The summed E-state index contributed by atoms with van der Waals surface area (Å²) >= 11 is 3.50. The number of aromatic nitrogens is 1. The molecular weight excluding hydrogens is 326 g/mol. The van der Waals surface area contributed by atoms with E-state index >= 15 is 0 Å². The minimum absolute atomic E-state index is 0.599. The quantitative estimate of drug-likeness (QED) is 0.766. The molecule has 2 aliphatic rings. The number of hydrogen-bond acceptors (Lipinski definition) is 5. The van der Waals surface area contributed by atoms with E-state index in [4.69, 9.17) is 0 Å². The zero-order valence-corrected chi connectivity index (χ0v) is 14.6. The summed E-state index contributed by atoms with van der Waals surface area (Å²) in [7, 11) is -3.16. The highest BCUT2D eigenvalue weighted by atomic mass is 32.2. The number of piperidine rings is 1. The van der Waals surface area contributed by atoms with Crippen LogP contribution in [0.25, 0.3) is 0 Å². The Bertz CT molecular complexity index is 575. The van der Waals surface area contributed by atoms with E-state index in [9.17, 15) is 8.42 Å². The van der Waals surface area contributed by atoms with Crippen LogP contribution in [0.15, 0.2) is 9.72 Å². The maximum Gasteiger partial charge on any atom is 0.281 e. The first-order valence-corrected chi connectivity index (χ1v) is 10.6. The predicted octanol–water partition coefficient (Wildman–Crippen LogP) is 2.21. The van der Waals surface area contributed by atoms with Crippen LogP contribution in [0.2, 0.25) is 0 Å². The maximum atomic E-state index is 12.3. The van der Waals surface area contributed by atoms with Crippen molar-refractivity contribution in [3.63, 3.8) is 0 Å². The van der Waals surface area contributed by atoms with Crippen LogP contribution in [0.4, 0.5) is 0 Å². The summed E-state index contributed by atoms with van der Waals surface area (Å²) in [5, 5.41) is 2.07. The van der Waals surface area contributed by atoms with Crippen LogP contribution in [0.1, 0.15) is 25.0 Å². The molecule has 118 valence electrons. The second-order valence-electron chi connectivity index (χ2n) is 5.67. The smallest absolute Gasteiger partial charge is 0.235 e. The molecule has 0 unspecified atom stereocenters. The van der Waals surface area contributed by atoms with Crippen molar-refractivity contribution >= 4 is 33.3 Å². The van der Waals surface area contributed by atoms with Gasteiger partial charge < -0.3 is 0 Å². The largest absolute Gasteiger partial charge is 0.281 e. The summed E-state index contributed by atoms with van der Waals surface area (Å²) in [5.74, 6) is 1.65. The van der Waals surface area contributed by atoms with Crippen LogP contribution in [-0.4, -0.2) is 53.9 Å². The molecule has 0 spiro atoms. The minimum atomic E-state index is -3.16. The highest BCUT2D eigenvalue weighted by molar-refractivity contribution is 8.01. The van der Waals surface area contributed by atoms with Gasteiger partial charge in [0, 0.05) is 43.0 Å². The fourth-order valence-electron chi connectivity index (χ4n) is 2.58. The van der Waals surface area contributed by atoms with Gasteiger partial charge in [0.2, 0.25) is 0 Å². The Morgan fingerprint density at radius 2 is 1.95 bits per heavy atom. The molecule has 0 aliphatic carbocycles. The fraction of sp³-hybridized carbons (Fsp3) is 0.769. The Kier molecular flexibility index (Phi) is 4.90. The van der Waals surface area contributed by atoms with Crippen molar-refractivity contribution in [3.05, 3.63) is 11.1 Å². The van der Waals surface area contributed by atoms with E-state index in [0.717, 1.165) is 35.0 Å². The predicted molar refractivity (Wildman–Crippen MR) is 87.0 cm³/mol. The molecule has 1 aromatic rings. The van der Waals surface area contributed by atoms with Crippen LogP contribution in [0, 0.1) is 12.8 Å². The van der Waals surface area contributed by atoms with Crippen LogP contribution < -0.4 is 0 Å². The Labute approximate surface area is 134 Å². The highest BCUT2D eigenvalue weighted by Crippen LogP contribution is 2.30. The van der Waals surface area contributed by atoms with Crippen molar-refractivity contribution in [1.82, 2.24) is 13.6 Å². The van der Waals surface area contributed by atoms with E-state index in [1.165, 1.54) is 0 Å². The maximum absolute atomic E-state index is 12.3. The van der Waals surface area contributed by atoms with E-state index in [2.05, 4.69) is 10.4 Å².